The fourth-order valence-corrected chi connectivity index (χ4v) is 2.77. The van der Waals surface area contributed by atoms with Crippen LogP contribution in [0.4, 0.5) is 0 Å². The number of esters is 1. The fraction of sp³-hybridized carbons (Fsp3) is 0.667. The summed E-state index contributed by atoms with van der Waals surface area (Å²) in [5, 5.41) is 8.59. The van der Waals surface area contributed by atoms with Crippen molar-refractivity contribution in [2.24, 2.45) is 0 Å². The molecule has 1 atom stereocenters. The van der Waals surface area contributed by atoms with Crippen LogP contribution in [0, 0.1) is 0 Å². The van der Waals surface area contributed by atoms with Crippen molar-refractivity contribution in [1.29, 1.82) is 0 Å². The van der Waals surface area contributed by atoms with Gasteiger partial charge in [-0.05, 0) is 58.3 Å². The summed E-state index contributed by atoms with van der Waals surface area (Å²) in [5.41, 5.74) is 0. The predicted octanol–water partition coefficient (Wildman–Crippen LogP) is 6.76. The van der Waals surface area contributed by atoms with Gasteiger partial charge in [0.15, 0.2) is 0 Å². The maximum Gasteiger partial charge on any atom is 0.306 e. The molecule has 1 N–H and O–H groups in total. The Bertz CT molecular complexity index is 477. The number of carbonyl (C=O) groups excluding carboxylic acids is 1. The van der Waals surface area contributed by atoms with E-state index in [4.69, 9.17) is 9.84 Å². The third kappa shape index (κ3) is 20.5. The normalized spacial score (nSPS) is 12.9. The lowest BCUT2D eigenvalue weighted by Crippen LogP contribution is -2.15. The number of hydrogen-bond acceptors (Lipinski definition) is 3. The molecule has 0 rings (SSSR count). The molecule has 0 fully saturated rings. The Kier molecular flexibility index (Phi) is 18.6. The van der Waals surface area contributed by atoms with Crippen LogP contribution in [-0.2, 0) is 14.3 Å². The molecule has 28 heavy (non-hydrogen) atoms. The highest BCUT2D eigenvalue weighted by molar-refractivity contribution is 5.69. The lowest BCUT2D eigenvalue weighted by Gasteiger charge is -2.12. The van der Waals surface area contributed by atoms with Gasteiger partial charge in [0, 0.05) is 12.8 Å². The summed E-state index contributed by atoms with van der Waals surface area (Å²) >= 11 is 0. The zero-order valence-corrected chi connectivity index (χ0v) is 17.9. The lowest BCUT2D eigenvalue weighted by molar-refractivity contribution is -0.148. The number of carboxylic acids is 1. The highest BCUT2D eigenvalue weighted by Crippen LogP contribution is 2.10. The molecule has 0 radical (unpaired) electrons. The monoisotopic (exact) mass is 392 g/mol. The molecule has 4 heteroatoms. The van der Waals surface area contributed by atoms with E-state index >= 15 is 0 Å². The van der Waals surface area contributed by atoms with Crippen LogP contribution in [0.15, 0.2) is 36.5 Å². The third-order valence-electron chi connectivity index (χ3n) is 4.37. The summed E-state index contributed by atoms with van der Waals surface area (Å²) in [6, 6.07) is 0. The molecule has 0 aromatic carbocycles. The molecular formula is C24H40O4. The summed E-state index contributed by atoms with van der Waals surface area (Å²) < 4.78 is 5.30. The molecule has 0 amide bonds. The smallest absolute Gasteiger partial charge is 0.306 e. The van der Waals surface area contributed by atoms with Crippen LogP contribution >= 0.6 is 0 Å². The van der Waals surface area contributed by atoms with Gasteiger partial charge in [-0.25, -0.2) is 0 Å². The van der Waals surface area contributed by atoms with E-state index in [2.05, 4.69) is 43.4 Å². The first-order chi connectivity index (χ1) is 13.6. The lowest BCUT2D eigenvalue weighted by atomic mass is 10.1. The molecule has 0 saturated carbocycles. The number of carboxylic acid groups (broad SMARTS) is 1. The molecule has 0 spiro atoms. The second-order valence-corrected chi connectivity index (χ2v) is 7.19. The van der Waals surface area contributed by atoms with Crippen molar-refractivity contribution in [2.75, 3.05) is 0 Å². The predicted molar refractivity (Wildman–Crippen MR) is 116 cm³/mol. The van der Waals surface area contributed by atoms with Crippen molar-refractivity contribution in [3.05, 3.63) is 36.5 Å². The van der Waals surface area contributed by atoms with Gasteiger partial charge in [-0.1, -0.05) is 62.6 Å². The van der Waals surface area contributed by atoms with E-state index in [1.165, 1.54) is 12.8 Å². The molecule has 0 heterocycles. The maximum absolute atomic E-state index is 11.7. The zero-order valence-electron chi connectivity index (χ0n) is 17.9. The molecule has 4 nitrogen and oxygen atoms in total. The summed E-state index contributed by atoms with van der Waals surface area (Å²) in [6.07, 6.45) is 24.6. The van der Waals surface area contributed by atoms with E-state index in [1.54, 1.807) is 0 Å². The van der Waals surface area contributed by atoms with E-state index in [0.717, 1.165) is 44.9 Å². The second-order valence-electron chi connectivity index (χ2n) is 7.19. The Balaban J connectivity index is 3.44. The standard InChI is InChI=1S/C24H40O4/c1-3-4-5-6-7-8-9-10-11-12-13-14-15-16-17-21-24(27)28-22(2)19-18-20-23(25)26/h4-5,7-8,10-11,22H,3,6,9,12-21H2,1-2H3,(H,25,26)/b5-4-,8-7-,11-10-. The highest BCUT2D eigenvalue weighted by atomic mass is 16.5. The largest absolute Gasteiger partial charge is 0.481 e. The Morgan fingerprint density at radius 3 is 2.11 bits per heavy atom. The first kappa shape index (κ1) is 26.2. The van der Waals surface area contributed by atoms with Crippen LogP contribution in [-0.4, -0.2) is 23.1 Å². The number of aliphatic carboxylic acids is 1. The minimum Gasteiger partial charge on any atom is -0.481 e. The number of allylic oxidation sites excluding steroid dienone is 6. The van der Waals surface area contributed by atoms with Crippen molar-refractivity contribution in [1.82, 2.24) is 0 Å². The van der Waals surface area contributed by atoms with Crippen LogP contribution in [0.2, 0.25) is 0 Å². The van der Waals surface area contributed by atoms with E-state index in [1.807, 2.05) is 6.92 Å². The zero-order chi connectivity index (χ0) is 20.9. The molecule has 0 aliphatic carbocycles. The molecule has 0 aliphatic rings. The Morgan fingerprint density at radius 2 is 1.43 bits per heavy atom. The Labute approximate surface area is 171 Å². The minimum absolute atomic E-state index is 0.129. The number of rotatable bonds is 18. The average molecular weight is 393 g/mol. The molecule has 1 unspecified atom stereocenters. The van der Waals surface area contributed by atoms with Gasteiger partial charge < -0.3 is 9.84 Å². The first-order valence-corrected chi connectivity index (χ1v) is 10.9. The number of carbonyl (C=O) groups is 2. The van der Waals surface area contributed by atoms with Crippen molar-refractivity contribution in [2.45, 2.75) is 103 Å². The fourth-order valence-electron chi connectivity index (χ4n) is 2.77. The van der Waals surface area contributed by atoms with Crippen LogP contribution in [0.5, 0.6) is 0 Å². The summed E-state index contributed by atoms with van der Waals surface area (Å²) in [7, 11) is 0. The van der Waals surface area contributed by atoms with Crippen molar-refractivity contribution in [3.8, 4) is 0 Å². The third-order valence-corrected chi connectivity index (χ3v) is 4.37. The molecule has 160 valence electrons. The second kappa shape index (κ2) is 19.9. The van der Waals surface area contributed by atoms with Crippen LogP contribution < -0.4 is 0 Å². The molecule has 0 saturated heterocycles. The van der Waals surface area contributed by atoms with Gasteiger partial charge in [-0.3, -0.25) is 9.59 Å². The topological polar surface area (TPSA) is 63.6 Å². The van der Waals surface area contributed by atoms with Gasteiger partial charge in [0.05, 0.1) is 6.10 Å². The van der Waals surface area contributed by atoms with Crippen molar-refractivity contribution < 1.29 is 19.4 Å². The van der Waals surface area contributed by atoms with Gasteiger partial charge in [-0.2, -0.15) is 0 Å². The molecule has 0 bridgehead atoms. The quantitative estimate of drug-likeness (QED) is 0.159. The van der Waals surface area contributed by atoms with Crippen LogP contribution in [0.1, 0.15) is 97.3 Å². The SMILES string of the molecule is CC/C=C\C/C=C\C/C=C\CCCCCCCC(=O)OC(C)CCCC(=O)O. The summed E-state index contributed by atoms with van der Waals surface area (Å²) in [6.45, 7) is 3.97. The van der Waals surface area contributed by atoms with E-state index < -0.39 is 5.97 Å². The summed E-state index contributed by atoms with van der Waals surface area (Å²) in [5.74, 6) is -0.967. The Hall–Kier alpha value is -1.84. The molecular weight excluding hydrogens is 352 g/mol. The Morgan fingerprint density at radius 1 is 0.821 bits per heavy atom. The van der Waals surface area contributed by atoms with E-state index in [0.29, 0.717) is 19.3 Å². The molecule has 0 aromatic rings. The highest BCUT2D eigenvalue weighted by Gasteiger charge is 2.09. The van der Waals surface area contributed by atoms with E-state index in [-0.39, 0.29) is 18.5 Å². The van der Waals surface area contributed by atoms with Crippen LogP contribution in [0.3, 0.4) is 0 Å². The van der Waals surface area contributed by atoms with Crippen LogP contribution in [0.25, 0.3) is 0 Å². The number of hydrogen-bond donors (Lipinski definition) is 1. The molecule has 0 aliphatic heterocycles. The average Bonchev–Trinajstić information content (AvgIpc) is 2.64. The van der Waals surface area contributed by atoms with Crippen molar-refractivity contribution >= 4 is 11.9 Å². The van der Waals surface area contributed by atoms with Crippen molar-refractivity contribution in [3.63, 3.8) is 0 Å². The minimum atomic E-state index is -0.804. The first-order valence-electron chi connectivity index (χ1n) is 10.9. The van der Waals surface area contributed by atoms with Gasteiger partial charge >= 0.3 is 11.9 Å². The van der Waals surface area contributed by atoms with Gasteiger partial charge in [-0.15, -0.1) is 0 Å². The summed E-state index contributed by atoms with van der Waals surface area (Å²) in [4.78, 5) is 22.2. The van der Waals surface area contributed by atoms with Gasteiger partial charge in [0.25, 0.3) is 0 Å². The van der Waals surface area contributed by atoms with Gasteiger partial charge in [0.2, 0.25) is 0 Å². The number of unbranched alkanes of at least 4 members (excludes halogenated alkanes) is 5. The number of ether oxygens (including phenoxy) is 1. The van der Waals surface area contributed by atoms with E-state index in [9.17, 15) is 9.59 Å². The maximum atomic E-state index is 11.7. The molecule has 0 aromatic heterocycles. The van der Waals surface area contributed by atoms with Gasteiger partial charge in [0.1, 0.15) is 0 Å².